The molecule has 0 radical (unpaired) electrons. The maximum absolute atomic E-state index is 12.4. The first-order chi connectivity index (χ1) is 10.7. The Kier molecular flexibility index (Phi) is 4.57. The van der Waals surface area contributed by atoms with E-state index in [9.17, 15) is 9.59 Å². The maximum atomic E-state index is 12.4. The summed E-state index contributed by atoms with van der Waals surface area (Å²) in [7, 11) is 0. The first-order valence-corrected chi connectivity index (χ1v) is 9.21. The zero-order valence-corrected chi connectivity index (χ0v) is 16.9. The largest absolute Gasteiger partial charge is 0.272 e. The van der Waals surface area contributed by atoms with E-state index < -0.39 is 0 Å². The standard InChI is InChI=1S/C21H35NO2/c1-19(2,3)13-12-14(22-15(23)10-11-16(22)24)18(21(7,8)9)17(13)20(4,5)6/h10-11,13-14,17-18H,12H2,1-9H3/t13?,14-,17-,18-/m0/s1. The molecule has 1 aliphatic heterocycles. The Labute approximate surface area is 147 Å². The van der Waals surface area contributed by atoms with Crippen molar-refractivity contribution in [2.24, 2.45) is 34.0 Å². The molecule has 1 saturated carbocycles. The van der Waals surface area contributed by atoms with Gasteiger partial charge in [0.2, 0.25) is 0 Å². The molecular weight excluding hydrogens is 298 g/mol. The number of carbonyl (C=O) groups is 2. The molecule has 1 unspecified atom stereocenters. The van der Waals surface area contributed by atoms with Crippen molar-refractivity contribution < 1.29 is 9.59 Å². The molecule has 136 valence electrons. The summed E-state index contributed by atoms with van der Waals surface area (Å²) in [5.74, 6) is 0.967. The van der Waals surface area contributed by atoms with Gasteiger partial charge < -0.3 is 0 Å². The molecule has 24 heavy (non-hydrogen) atoms. The highest BCUT2D eigenvalue weighted by molar-refractivity contribution is 6.13. The molecule has 2 rings (SSSR count). The van der Waals surface area contributed by atoms with Crippen LogP contribution in [0.4, 0.5) is 0 Å². The second kappa shape index (κ2) is 5.71. The van der Waals surface area contributed by atoms with Crippen LogP contribution in [0.2, 0.25) is 0 Å². The molecule has 1 aliphatic carbocycles. The molecule has 0 N–H and O–H groups in total. The molecule has 0 saturated heterocycles. The van der Waals surface area contributed by atoms with Crippen molar-refractivity contribution in [3.05, 3.63) is 12.2 Å². The molecular formula is C21H35NO2. The van der Waals surface area contributed by atoms with Gasteiger partial charge in [0.1, 0.15) is 0 Å². The topological polar surface area (TPSA) is 37.4 Å². The number of rotatable bonds is 1. The molecule has 2 aliphatic rings. The van der Waals surface area contributed by atoms with Crippen molar-refractivity contribution >= 4 is 11.8 Å². The van der Waals surface area contributed by atoms with Crippen LogP contribution < -0.4 is 0 Å². The van der Waals surface area contributed by atoms with E-state index in [2.05, 4.69) is 62.3 Å². The second-order valence-corrected chi connectivity index (χ2v) is 10.9. The summed E-state index contributed by atoms with van der Waals surface area (Å²) < 4.78 is 0. The van der Waals surface area contributed by atoms with Crippen LogP contribution in [0, 0.1) is 34.0 Å². The monoisotopic (exact) mass is 333 g/mol. The van der Waals surface area contributed by atoms with E-state index in [1.807, 2.05) is 0 Å². The van der Waals surface area contributed by atoms with E-state index in [1.165, 1.54) is 12.2 Å². The van der Waals surface area contributed by atoms with Gasteiger partial charge >= 0.3 is 0 Å². The smallest absolute Gasteiger partial charge is 0.253 e. The molecule has 0 aromatic rings. The number of amides is 2. The molecule has 3 heteroatoms. The van der Waals surface area contributed by atoms with Crippen LogP contribution >= 0.6 is 0 Å². The number of hydrogen-bond acceptors (Lipinski definition) is 2. The Bertz CT molecular complexity index is 536. The predicted molar refractivity (Wildman–Crippen MR) is 98.2 cm³/mol. The number of imide groups is 1. The first-order valence-electron chi connectivity index (χ1n) is 9.21. The molecule has 0 aromatic carbocycles. The van der Waals surface area contributed by atoms with Crippen LogP contribution in [-0.2, 0) is 9.59 Å². The average Bonchev–Trinajstić information content (AvgIpc) is 2.88. The van der Waals surface area contributed by atoms with Crippen molar-refractivity contribution in [2.45, 2.75) is 74.8 Å². The van der Waals surface area contributed by atoms with Crippen LogP contribution in [0.3, 0.4) is 0 Å². The van der Waals surface area contributed by atoms with E-state index in [1.54, 1.807) is 4.90 Å². The van der Waals surface area contributed by atoms with Crippen molar-refractivity contribution in [2.75, 3.05) is 0 Å². The van der Waals surface area contributed by atoms with Gasteiger partial charge in [-0.25, -0.2) is 0 Å². The third kappa shape index (κ3) is 3.32. The third-order valence-electron chi connectivity index (χ3n) is 6.02. The molecule has 2 amide bonds. The lowest BCUT2D eigenvalue weighted by molar-refractivity contribution is -0.141. The molecule has 1 heterocycles. The summed E-state index contributed by atoms with van der Waals surface area (Å²) >= 11 is 0. The lowest BCUT2D eigenvalue weighted by Gasteiger charge is -2.47. The highest BCUT2D eigenvalue weighted by Crippen LogP contribution is 2.59. The molecule has 0 aromatic heterocycles. The quantitative estimate of drug-likeness (QED) is 0.654. The normalized spacial score (nSPS) is 32.1. The highest BCUT2D eigenvalue weighted by atomic mass is 16.2. The summed E-state index contributed by atoms with van der Waals surface area (Å²) in [6, 6.07) is -0.00606. The van der Waals surface area contributed by atoms with Crippen molar-refractivity contribution in [1.82, 2.24) is 4.90 Å². The minimum atomic E-state index is -0.138. The molecule has 1 fully saturated rings. The summed E-state index contributed by atoms with van der Waals surface area (Å²) in [5.41, 5.74) is 0.311. The summed E-state index contributed by atoms with van der Waals surface area (Å²) in [6.07, 6.45) is 3.77. The SMILES string of the molecule is CC(C)(C)C1C[C@H](N2C(=O)C=CC2=O)[C@H](C(C)(C)C)[C@H]1C(C)(C)C. The molecule has 0 spiro atoms. The van der Waals surface area contributed by atoms with E-state index >= 15 is 0 Å². The lowest BCUT2D eigenvalue weighted by atomic mass is 9.59. The highest BCUT2D eigenvalue weighted by Gasteiger charge is 2.57. The average molecular weight is 334 g/mol. The maximum Gasteiger partial charge on any atom is 0.253 e. The molecule has 0 bridgehead atoms. The molecule has 3 nitrogen and oxygen atoms in total. The van der Waals surface area contributed by atoms with Crippen molar-refractivity contribution in [3.8, 4) is 0 Å². The third-order valence-corrected chi connectivity index (χ3v) is 6.02. The van der Waals surface area contributed by atoms with Crippen LogP contribution in [0.1, 0.15) is 68.7 Å². The summed E-state index contributed by atoms with van der Waals surface area (Å²) in [5, 5.41) is 0. The Morgan fingerprint density at radius 1 is 0.750 bits per heavy atom. The van der Waals surface area contributed by atoms with Gasteiger partial charge in [-0.15, -0.1) is 0 Å². The van der Waals surface area contributed by atoms with Gasteiger partial charge in [0.05, 0.1) is 0 Å². The van der Waals surface area contributed by atoms with Crippen LogP contribution in [0.25, 0.3) is 0 Å². The Hall–Kier alpha value is -1.12. The number of carbonyl (C=O) groups excluding carboxylic acids is 2. The number of hydrogen-bond donors (Lipinski definition) is 0. The van der Waals surface area contributed by atoms with Crippen molar-refractivity contribution in [1.29, 1.82) is 0 Å². The summed E-state index contributed by atoms with van der Waals surface area (Å²) in [4.78, 5) is 26.3. The van der Waals surface area contributed by atoms with Crippen LogP contribution in [-0.4, -0.2) is 22.8 Å². The zero-order chi connectivity index (χ0) is 18.7. The van der Waals surface area contributed by atoms with Gasteiger partial charge in [0.15, 0.2) is 0 Å². The van der Waals surface area contributed by atoms with E-state index in [0.29, 0.717) is 17.8 Å². The fourth-order valence-electron chi connectivity index (χ4n) is 5.20. The van der Waals surface area contributed by atoms with Gasteiger partial charge in [0.25, 0.3) is 11.8 Å². The second-order valence-electron chi connectivity index (χ2n) is 10.9. The number of nitrogens with zero attached hydrogens (tertiary/aromatic N) is 1. The van der Waals surface area contributed by atoms with Crippen LogP contribution in [0.5, 0.6) is 0 Å². The fraction of sp³-hybridized carbons (Fsp3) is 0.810. The minimum Gasteiger partial charge on any atom is -0.272 e. The summed E-state index contributed by atoms with van der Waals surface area (Å²) in [6.45, 7) is 20.6. The van der Waals surface area contributed by atoms with Gasteiger partial charge in [-0.1, -0.05) is 62.3 Å². The predicted octanol–water partition coefficient (Wildman–Crippen LogP) is 4.67. The van der Waals surface area contributed by atoms with Crippen molar-refractivity contribution in [3.63, 3.8) is 0 Å². The Balaban J connectivity index is 2.55. The Morgan fingerprint density at radius 2 is 1.17 bits per heavy atom. The Morgan fingerprint density at radius 3 is 1.50 bits per heavy atom. The minimum absolute atomic E-state index is 0.00606. The van der Waals surface area contributed by atoms with Gasteiger partial charge in [0, 0.05) is 18.2 Å². The van der Waals surface area contributed by atoms with E-state index in [-0.39, 0.29) is 34.1 Å². The van der Waals surface area contributed by atoms with Gasteiger partial charge in [-0.05, 0) is 40.4 Å². The first kappa shape index (κ1) is 19.2. The zero-order valence-electron chi connectivity index (χ0n) is 16.9. The van der Waals surface area contributed by atoms with E-state index in [4.69, 9.17) is 0 Å². The van der Waals surface area contributed by atoms with Crippen LogP contribution in [0.15, 0.2) is 12.2 Å². The lowest BCUT2D eigenvalue weighted by Crippen LogP contribution is -2.48. The van der Waals surface area contributed by atoms with Gasteiger partial charge in [-0.2, -0.15) is 0 Å². The fourth-order valence-corrected chi connectivity index (χ4v) is 5.20. The van der Waals surface area contributed by atoms with Gasteiger partial charge in [-0.3, -0.25) is 14.5 Å². The van der Waals surface area contributed by atoms with E-state index in [0.717, 1.165) is 6.42 Å². The molecule has 4 atom stereocenters.